The van der Waals surface area contributed by atoms with Crippen molar-refractivity contribution in [2.75, 3.05) is 25.0 Å². The summed E-state index contributed by atoms with van der Waals surface area (Å²) in [6.45, 7) is 2.04. The summed E-state index contributed by atoms with van der Waals surface area (Å²) in [4.78, 5) is 26.5. The van der Waals surface area contributed by atoms with Crippen LogP contribution in [0.25, 0.3) is 0 Å². The van der Waals surface area contributed by atoms with Gasteiger partial charge in [-0.15, -0.1) is 0 Å². The number of likely N-dealkylation sites (tertiary alicyclic amines) is 1. The van der Waals surface area contributed by atoms with Gasteiger partial charge in [0.2, 0.25) is 5.91 Å². The molecule has 1 aliphatic heterocycles. The lowest BCUT2D eigenvalue weighted by Gasteiger charge is -2.32. The van der Waals surface area contributed by atoms with Gasteiger partial charge in [-0.25, -0.2) is 4.79 Å². The number of anilines is 1. The van der Waals surface area contributed by atoms with Crippen LogP contribution < -0.4 is 10.6 Å². The third-order valence-electron chi connectivity index (χ3n) is 5.54. The number of carbonyl (C=O) groups excluding carboxylic acids is 2. The Morgan fingerprint density at radius 3 is 2.31 bits per heavy atom. The number of rotatable bonds is 4. The van der Waals surface area contributed by atoms with Gasteiger partial charge < -0.3 is 15.5 Å². The predicted molar refractivity (Wildman–Crippen MR) is 104 cm³/mol. The van der Waals surface area contributed by atoms with Crippen molar-refractivity contribution in [2.45, 2.75) is 44.9 Å². The molecule has 1 heterocycles. The molecule has 0 radical (unpaired) electrons. The lowest BCUT2D eigenvalue weighted by molar-refractivity contribution is -0.126. The molecule has 0 spiro atoms. The van der Waals surface area contributed by atoms with Crippen LogP contribution in [0, 0.1) is 11.8 Å². The average Bonchev–Trinajstić information content (AvgIpc) is 2.69. The molecule has 1 aromatic carbocycles. The SMILES string of the molecule is O=C(NCC1CCCCC1)C1CCN(C(=O)Nc2ccc(Cl)cc2)CC1. The van der Waals surface area contributed by atoms with Gasteiger partial charge in [0.25, 0.3) is 0 Å². The molecule has 1 saturated heterocycles. The first-order valence-corrected chi connectivity index (χ1v) is 10.1. The van der Waals surface area contributed by atoms with Crippen molar-refractivity contribution < 1.29 is 9.59 Å². The van der Waals surface area contributed by atoms with Crippen molar-refractivity contribution >= 4 is 29.2 Å². The number of hydrogen-bond donors (Lipinski definition) is 2. The van der Waals surface area contributed by atoms with E-state index in [1.807, 2.05) is 0 Å². The maximum absolute atomic E-state index is 12.4. The summed E-state index contributed by atoms with van der Waals surface area (Å²) in [6.07, 6.45) is 7.85. The van der Waals surface area contributed by atoms with E-state index in [1.165, 1.54) is 32.1 Å². The van der Waals surface area contributed by atoms with Gasteiger partial charge in [-0.1, -0.05) is 30.9 Å². The van der Waals surface area contributed by atoms with E-state index < -0.39 is 0 Å². The highest BCUT2D eigenvalue weighted by Crippen LogP contribution is 2.24. The quantitative estimate of drug-likeness (QED) is 0.822. The van der Waals surface area contributed by atoms with Gasteiger partial charge in [0.05, 0.1) is 0 Å². The van der Waals surface area contributed by atoms with Crippen LogP contribution in [-0.2, 0) is 4.79 Å². The Bertz CT molecular complexity index is 606. The molecular formula is C20H28ClN3O2. The van der Waals surface area contributed by atoms with E-state index in [0.29, 0.717) is 24.0 Å². The topological polar surface area (TPSA) is 61.4 Å². The fourth-order valence-corrected chi connectivity index (χ4v) is 3.99. The molecule has 0 unspecified atom stereocenters. The molecule has 1 aliphatic carbocycles. The smallest absolute Gasteiger partial charge is 0.321 e. The fraction of sp³-hybridized carbons (Fsp3) is 0.600. The fourth-order valence-electron chi connectivity index (χ4n) is 3.86. The van der Waals surface area contributed by atoms with Crippen LogP contribution in [0.1, 0.15) is 44.9 Å². The Balaban J connectivity index is 1.39. The number of carbonyl (C=O) groups is 2. The summed E-state index contributed by atoms with van der Waals surface area (Å²) in [5.41, 5.74) is 0.728. The molecule has 142 valence electrons. The second-order valence-electron chi connectivity index (χ2n) is 7.45. The largest absolute Gasteiger partial charge is 0.356 e. The molecule has 3 amide bonds. The van der Waals surface area contributed by atoms with E-state index in [-0.39, 0.29) is 17.9 Å². The Morgan fingerprint density at radius 1 is 1.00 bits per heavy atom. The standard InChI is InChI=1S/C20H28ClN3O2/c21-17-6-8-18(9-7-17)23-20(26)24-12-10-16(11-13-24)19(25)22-14-15-4-2-1-3-5-15/h6-9,15-16H,1-5,10-14H2,(H,22,25)(H,23,26). The van der Waals surface area contributed by atoms with E-state index in [9.17, 15) is 9.59 Å². The zero-order chi connectivity index (χ0) is 18.4. The number of urea groups is 1. The third kappa shape index (κ3) is 5.37. The van der Waals surface area contributed by atoms with E-state index in [4.69, 9.17) is 11.6 Å². The predicted octanol–water partition coefficient (Wildman–Crippen LogP) is 4.28. The van der Waals surface area contributed by atoms with Crippen LogP contribution in [0.2, 0.25) is 5.02 Å². The van der Waals surface area contributed by atoms with Crippen molar-refractivity contribution in [1.82, 2.24) is 10.2 Å². The van der Waals surface area contributed by atoms with E-state index in [0.717, 1.165) is 25.1 Å². The lowest BCUT2D eigenvalue weighted by Crippen LogP contribution is -2.45. The Morgan fingerprint density at radius 2 is 1.65 bits per heavy atom. The molecule has 0 aromatic heterocycles. The van der Waals surface area contributed by atoms with Crippen molar-refractivity contribution in [3.63, 3.8) is 0 Å². The normalized spacial score (nSPS) is 19.2. The average molecular weight is 378 g/mol. The summed E-state index contributed by atoms with van der Waals surface area (Å²) in [6, 6.07) is 6.95. The second-order valence-corrected chi connectivity index (χ2v) is 7.88. The number of nitrogens with one attached hydrogen (secondary N) is 2. The lowest BCUT2D eigenvalue weighted by atomic mass is 9.89. The van der Waals surface area contributed by atoms with Gasteiger partial charge in [-0.3, -0.25) is 4.79 Å². The van der Waals surface area contributed by atoms with Gasteiger partial charge in [-0.05, 0) is 55.9 Å². The molecule has 1 saturated carbocycles. The van der Waals surface area contributed by atoms with Gasteiger partial charge >= 0.3 is 6.03 Å². The van der Waals surface area contributed by atoms with Crippen molar-refractivity contribution in [3.05, 3.63) is 29.3 Å². The van der Waals surface area contributed by atoms with Crippen LogP contribution in [0.5, 0.6) is 0 Å². The monoisotopic (exact) mass is 377 g/mol. The zero-order valence-corrected chi connectivity index (χ0v) is 15.9. The minimum Gasteiger partial charge on any atom is -0.356 e. The van der Waals surface area contributed by atoms with Crippen LogP contribution in [0.3, 0.4) is 0 Å². The van der Waals surface area contributed by atoms with Crippen LogP contribution in [0.4, 0.5) is 10.5 Å². The first kappa shape index (κ1) is 19.0. The van der Waals surface area contributed by atoms with Gasteiger partial charge in [0.1, 0.15) is 0 Å². The highest BCUT2D eigenvalue weighted by atomic mass is 35.5. The van der Waals surface area contributed by atoms with Crippen molar-refractivity contribution in [2.24, 2.45) is 11.8 Å². The highest BCUT2D eigenvalue weighted by Gasteiger charge is 2.27. The molecule has 3 rings (SSSR count). The minimum absolute atomic E-state index is 0.0261. The van der Waals surface area contributed by atoms with Gasteiger partial charge in [0, 0.05) is 36.3 Å². The van der Waals surface area contributed by atoms with Crippen LogP contribution in [0.15, 0.2) is 24.3 Å². The zero-order valence-electron chi connectivity index (χ0n) is 15.2. The van der Waals surface area contributed by atoms with Crippen LogP contribution in [-0.4, -0.2) is 36.5 Å². The Kier molecular flexibility index (Phi) is 6.78. The number of hydrogen-bond acceptors (Lipinski definition) is 2. The molecule has 2 fully saturated rings. The molecule has 26 heavy (non-hydrogen) atoms. The summed E-state index contributed by atoms with van der Waals surface area (Å²) in [7, 11) is 0. The van der Waals surface area contributed by atoms with Gasteiger partial charge in [0.15, 0.2) is 0 Å². The summed E-state index contributed by atoms with van der Waals surface area (Å²) in [5.74, 6) is 0.837. The summed E-state index contributed by atoms with van der Waals surface area (Å²) >= 11 is 5.86. The number of halogens is 1. The van der Waals surface area contributed by atoms with Crippen molar-refractivity contribution in [1.29, 1.82) is 0 Å². The van der Waals surface area contributed by atoms with Gasteiger partial charge in [-0.2, -0.15) is 0 Å². The van der Waals surface area contributed by atoms with E-state index >= 15 is 0 Å². The molecule has 0 atom stereocenters. The number of amides is 3. The maximum atomic E-state index is 12.4. The first-order valence-electron chi connectivity index (χ1n) is 9.71. The molecule has 0 bridgehead atoms. The number of nitrogens with zero attached hydrogens (tertiary/aromatic N) is 1. The second kappa shape index (κ2) is 9.26. The maximum Gasteiger partial charge on any atom is 0.321 e. The minimum atomic E-state index is -0.117. The summed E-state index contributed by atoms with van der Waals surface area (Å²) < 4.78 is 0. The highest BCUT2D eigenvalue weighted by molar-refractivity contribution is 6.30. The van der Waals surface area contributed by atoms with E-state index in [1.54, 1.807) is 29.2 Å². The molecule has 2 N–H and O–H groups in total. The molecule has 2 aliphatic rings. The van der Waals surface area contributed by atoms with Crippen LogP contribution >= 0.6 is 11.6 Å². The Labute approximate surface area is 160 Å². The first-order chi connectivity index (χ1) is 12.6. The third-order valence-corrected chi connectivity index (χ3v) is 5.79. The number of piperidine rings is 1. The number of benzene rings is 1. The Hall–Kier alpha value is -1.75. The van der Waals surface area contributed by atoms with E-state index in [2.05, 4.69) is 10.6 Å². The molecule has 6 heteroatoms. The molecule has 1 aromatic rings. The molecule has 5 nitrogen and oxygen atoms in total. The summed E-state index contributed by atoms with van der Waals surface area (Å²) in [5, 5.41) is 6.66. The molecular weight excluding hydrogens is 350 g/mol. The van der Waals surface area contributed by atoms with Crippen molar-refractivity contribution in [3.8, 4) is 0 Å².